The fraction of sp³-hybridized carbons (Fsp3) is 0.875. The maximum absolute atomic E-state index is 11.2. The van der Waals surface area contributed by atoms with Gasteiger partial charge in [0, 0.05) is 13.1 Å². The lowest BCUT2D eigenvalue weighted by Crippen LogP contribution is -2.51. The Morgan fingerprint density at radius 1 is 1.47 bits per heavy atom. The minimum atomic E-state index is -2.97. The summed E-state index contributed by atoms with van der Waals surface area (Å²) >= 11 is 0. The van der Waals surface area contributed by atoms with E-state index in [-0.39, 0.29) is 31.2 Å². The van der Waals surface area contributed by atoms with E-state index >= 15 is 0 Å². The van der Waals surface area contributed by atoms with Crippen LogP contribution in [0.25, 0.3) is 0 Å². The van der Waals surface area contributed by atoms with Crippen molar-refractivity contribution in [2.45, 2.75) is 6.04 Å². The summed E-state index contributed by atoms with van der Waals surface area (Å²) in [7, 11) is -1.72. The summed E-state index contributed by atoms with van der Waals surface area (Å²) in [5, 5.41) is 9.02. The molecule has 1 saturated heterocycles. The summed E-state index contributed by atoms with van der Waals surface area (Å²) in [5.41, 5.74) is 0. The molecule has 1 heterocycles. The van der Waals surface area contributed by atoms with Crippen molar-refractivity contribution >= 4 is 15.8 Å². The van der Waals surface area contributed by atoms with Gasteiger partial charge in [0.2, 0.25) is 0 Å². The molecule has 0 aromatic carbocycles. The Labute approximate surface area is 88.7 Å². The first-order valence-corrected chi connectivity index (χ1v) is 6.45. The van der Waals surface area contributed by atoms with E-state index in [1.807, 2.05) is 0 Å². The molecule has 1 rings (SSSR count). The van der Waals surface area contributed by atoms with Crippen molar-refractivity contribution in [1.29, 1.82) is 0 Å². The third-order valence-corrected chi connectivity index (χ3v) is 4.08. The molecule has 0 amide bonds. The minimum absolute atomic E-state index is 0.0283. The summed E-state index contributed by atoms with van der Waals surface area (Å²) in [4.78, 5) is 12.9. The topological polar surface area (TPSA) is 83.9 Å². The Balaban J connectivity index is 2.61. The Bertz CT molecular complexity index is 312. The fourth-order valence-electron chi connectivity index (χ4n) is 1.51. The smallest absolute Gasteiger partial charge is 0.325 e. The van der Waals surface area contributed by atoms with Gasteiger partial charge in [-0.1, -0.05) is 0 Å². The van der Waals surface area contributed by atoms with E-state index in [0.29, 0.717) is 0 Å². The van der Waals surface area contributed by atoms with Crippen molar-refractivity contribution in [3.05, 3.63) is 0 Å². The van der Waals surface area contributed by atoms with Crippen molar-refractivity contribution < 1.29 is 23.1 Å². The maximum Gasteiger partial charge on any atom is 0.325 e. The highest BCUT2D eigenvalue weighted by molar-refractivity contribution is 7.91. The van der Waals surface area contributed by atoms with Gasteiger partial charge in [0.25, 0.3) is 0 Å². The number of hydrogen-bond donors (Lipinski definition) is 1. The Hall–Kier alpha value is -0.660. The van der Waals surface area contributed by atoms with Gasteiger partial charge >= 0.3 is 5.97 Å². The van der Waals surface area contributed by atoms with Gasteiger partial charge in [-0.3, -0.25) is 9.69 Å². The van der Waals surface area contributed by atoms with E-state index in [0.717, 1.165) is 0 Å². The van der Waals surface area contributed by atoms with E-state index in [1.165, 1.54) is 7.11 Å². The van der Waals surface area contributed by atoms with Crippen LogP contribution in [0.5, 0.6) is 0 Å². The van der Waals surface area contributed by atoms with Gasteiger partial charge in [0.1, 0.15) is 6.04 Å². The van der Waals surface area contributed by atoms with Crippen molar-refractivity contribution in [1.82, 2.24) is 4.90 Å². The van der Waals surface area contributed by atoms with Crippen LogP contribution in [0.4, 0.5) is 0 Å². The van der Waals surface area contributed by atoms with Crippen LogP contribution in [0, 0.1) is 0 Å². The lowest BCUT2D eigenvalue weighted by molar-refractivity contribution is -0.148. The summed E-state index contributed by atoms with van der Waals surface area (Å²) in [6.07, 6.45) is 0. The average Bonchev–Trinajstić information content (AvgIpc) is 2.21. The minimum Gasteiger partial charge on any atom is -0.468 e. The van der Waals surface area contributed by atoms with Gasteiger partial charge in [0.05, 0.1) is 25.2 Å². The Morgan fingerprint density at radius 3 is 2.40 bits per heavy atom. The zero-order valence-corrected chi connectivity index (χ0v) is 9.37. The molecule has 1 unspecified atom stereocenters. The monoisotopic (exact) mass is 237 g/mol. The molecule has 0 aromatic heterocycles. The number of methoxy groups -OCH3 is 1. The van der Waals surface area contributed by atoms with E-state index in [4.69, 9.17) is 5.11 Å². The van der Waals surface area contributed by atoms with Crippen LogP contribution in [0.2, 0.25) is 0 Å². The van der Waals surface area contributed by atoms with E-state index < -0.39 is 21.8 Å². The van der Waals surface area contributed by atoms with Crippen molar-refractivity contribution in [3.63, 3.8) is 0 Å². The SMILES string of the molecule is COC(=O)C(CO)N1CCS(=O)(=O)CC1. The highest BCUT2D eigenvalue weighted by atomic mass is 32.2. The first-order valence-electron chi connectivity index (χ1n) is 4.63. The predicted octanol–water partition coefficient (Wildman–Crippen LogP) is -1.75. The van der Waals surface area contributed by atoms with Gasteiger partial charge < -0.3 is 9.84 Å². The molecule has 15 heavy (non-hydrogen) atoms. The molecule has 6 nitrogen and oxygen atoms in total. The van der Waals surface area contributed by atoms with Crippen LogP contribution < -0.4 is 0 Å². The molecule has 1 N–H and O–H groups in total. The molecule has 0 radical (unpaired) electrons. The molecule has 0 aliphatic carbocycles. The van der Waals surface area contributed by atoms with Gasteiger partial charge in [-0.05, 0) is 0 Å². The summed E-state index contributed by atoms with van der Waals surface area (Å²) in [6, 6.07) is -0.745. The van der Waals surface area contributed by atoms with Crippen LogP contribution in [0.3, 0.4) is 0 Å². The number of esters is 1. The number of ether oxygens (including phenoxy) is 1. The number of carbonyl (C=O) groups excluding carboxylic acids is 1. The van der Waals surface area contributed by atoms with E-state index in [1.54, 1.807) is 4.90 Å². The van der Waals surface area contributed by atoms with Gasteiger partial charge in [-0.2, -0.15) is 0 Å². The molecule has 1 fully saturated rings. The zero-order chi connectivity index (χ0) is 11.5. The standard InChI is InChI=1S/C8H15NO5S/c1-14-8(11)7(6-10)9-2-4-15(12,13)5-3-9/h7,10H,2-6H2,1H3. The lowest BCUT2D eigenvalue weighted by Gasteiger charge is -2.31. The number of rotatable bonds is 3. The largest absolute Gasteiger partial charge is 0.468 e. The van der Waals surface area contributed by atoms with Gasteiger partial charge in [-0.25, -0.2) is 8.42 Å². The molecular weight excluding hydrogens is 222 g/mol. The highest BCUT2D eigenvalue weighted by Crippen LogP contribution is 2.08. The number of sulfone groups is 1. The van der Waals surface area contributed by atoms with Crippen molar-refractivity contribution in [2.75, 3.05) is 38.3 Å². The van der Waals surface area contributed by atoms with E-state index in [2.05, 4.69) is 4.74 Å². The summed E-state index contributed by atoms with van der Waals surface area (Å²) < 4.78 is 26.8. The quantitative estimate of drug-likeness (QED) is 0.586. The van der Waals surface area contributed by atoms with Crippen molar-refractivity contribution in [3.8, 4) is 0 Å². The first kappa shape index (κ1) is 12.4. The van der Waals surface area contributed by atoms with Crippen LogP contribution >= 0.6 is 0 Å². The van der Waals surface area contributed by atoms with Crippen LogP contribution in [-0.4, -0.2) is 68.7 Å². The summed E-state index contributed by atoms with van der Waals surface area (Å²) in [6.45, 7) is 0.179. The van der Waals surface area contributed by atoms with Gasteiger partial charge in [0.15, 0.2) is 9.84 Å². The lowest BCUT2D eigenvalue weighted by atomic mass is 10.2. The molecule has 7 heteroatoms. The number of carbonyl (C=O) groups is 1. The molecule has 1 atom stereocenters. The zero-order valence-electron chi connectivity index (χ0n) is 8.55. The molecule has 0 bridgehead atoms. The molecule has 0 spiro atoms. The Kier molecular flexibility index (Phi) is 4.06. The fourth-order valence-corrected chi connectivity index (χ4v) is 2.74. The van der Waals surface area contributed by atoms with Crippen LogP contribution in [0.15, 0.2) is 0 Å². The third-order valence-electron chi connectivity index (χ3n) is 2.47. The summed E-state index contributed by atoms with van der Waals surface area (Å²) in [5.74, 6) is -0.474. The number of hydrogen-bond acceptors (Lipinski definition) is 6. The maximum atomic E-state index is 11.2. The van der Waals surface area contributed by atoms with E-state index in [9.17, 15) is 13.2 Å². The second-order valence-corrected chi connectivity index (χ2v) is 5.71. The number of aliphatic hydroxyl groups excluding tert-OH is 1. The second kappa shape index (κ2) is 4.91. The first-order chi connectivity index (χ1) is 7.00. The predicted molar refractivity (Wildman–Crippen MR) is 53.1 cm³/mol. The normalized spacial score (nSPS) is 23.3. The van der Waals surface area contributed by atoms with Gasteiger partial charge in [-0.15, -0.1) is 0 Å². The Morgan fingerprint density at radius 2 is 2.00 bits per heavy atom. The molecule has 1 aliphatic rings. The second-order valence-electron chi connectivity index (χ2n) is 3.41. The van der Waals surface area contributed by atoms with Crippen molar-refractivity contribution in [2.24, 2.45) is 0 Å². The molecular formula is C8H15NO5S. The molecule has 0 saturated carbocycles. The number of nitrogens with zero attached hydrogens (tertiary/aromatic N) is 1. The van der Waals surface area contributed by atoms with Crippen LogP contribution in [-0.2, 0) is 19.4 Å². The average molecular weight is 237 g/mol. The molecule has 0 aromatic rings. The number of aliphatic hydroxyl groups is 1. The highest BCUT2D eigenvalue weighted by Gasteiger charge is 2.31. The third kappa shape index (κ3) is 3.15. The molecule has 1 aliphatic heterocycles. The van der Waals surface area contributed by atoms with Crippen LogP contribution in [0.1, 0.15) is 0 Å². The molecule has 88 valence electrons.